The van der Waals surface area contributed by atoms with Gasteiger partial charge in [0.1, 0.15) is 11.0 Å². The second kappa shape index (κ2) is 10.3. The fourth-order valence-corrected chi connectivity index (χ4v) is 4.39. The standard InChI is InChI=1S/C22H29ClN6S/c23-19-15-20(29-13-3-1-2-4-14-29)26-21(25-19)27-22(30)24-16-17-7-9-18(10-8-17)28-11-5-6-12-28/h7-10,15H,1-6,11-14,16H2,(H2,24,25,26,27,30). The highest BCUT2D eigenvalue weighted by Gasteiger charge is 2.14. The van der Waals surface area contributed by atoms with E-state index in [-0.39, 0.29) is 0 Å². The molecule has 8 heteroatoms. The Labute approximate surface area is 189 Å². The van der Waals surface area contributed by atoms with E-state index in [9.17, 15) is 0 Å². The lowest BCUT2D eigenvalue weighted by Crippen LogP contribution is -2.30. The fourth-order valence-electron chi connectivity index (χ4n) is 4.05. The number of aromatic nitrogens is 2. The summed E-state index contributed by atoms with van der Waals surface area (Å²) in [5.41, 5.74) is 2.48. The van der Waals surface area contributed by atoms with Crippen molar-refractivity contribution in [2.24, 2.45) is 0 Å². The zero-order valence-corrected chi connectivity index (χ0v) is 18.8. The topological polar surface area (TPSA) is 56.3 Å². The lowest BCUT2D eigenvalue weighted by Gasteiger charge is -2.22. The molecule has 0 radical (unpaired) electrons. The van der Waals surface area contributed by atoms with Gasteiger partial charge < -0.3 is 20.4 Å². The number of anilines is 3. The Morgan fingerprint density at radius 3 is 2.23 bits per heavy atom. The van der Waals surface area contributed by atoms with E-state index in [1.807, 2.05) is 6.07 Å². The lowest BCUT2D eigenvalue weighted by atomic mass is 10.2. The first-order chi connectivity index (χ1) is 14.7. The molecule has 0 atom stereocenters. The Bertz CT molecular complexity index is 845. The molecule has 2 aliphatic heterocycles. The molecule has 0 bridgehead atoms. The summed E-state index contributed by atoms with van der Waals surface area (Å²) in [6.45, 7) is 4.97. The van der Waals surface area contributed by atoms with E-state index in [4.69, 9.17) is 23.8 Å². The van der Waals surface area contributed by atoms with Crippen molar-refractivity contribution in [3.05, 3.63) is 41.0 Å². The molecule has 4 rings (SSSR count). The van der Waals surface area contributed by atoms with Gasteiger partial charge in [-0.15, -0.1) is 0 Å². The van der Waals surface area contributed by atoms with Crippen LogP contribution >= 0.6 is 23.8 Å². The highest BCUT2D eigenvalue weighted by atomic mass is 35.5. The molecular formula is C22H29ClN6S. The molecule has 2 N–H and O–H groups in total. The predicted octanol–water partition coefficient (Wildman–Crippen LogP) is 4.60. The van der Waals surface area contributed by atoms with Crippen molar-refractivity contribution in [2.45, 2.75) is 45.1 Å². The maximum atomic E-state index is 6.25. The van der Waals surface area contributed by atoms with Crippen LogP contribution in [-0.4, -0.2) is 41.3 Å². The van der Waals surface area contributed by atoms with Gasteiger partial charge in [-0.3, -0.25) is 0 Å². The van der Waals surface area contributed by atoms with E-state index < -0.39 is 0 Å². The van der Waals surface area contributed by atoms with Crippen molar-refractivity contribution in [3.8, 4) is 0 Å². The smallest absolute Gasteiger partial charge is 0.232 e. The summed E-state index contributed by atoms with van der Waals surface area (Å²) in [6.07, 6.45) is 7.48. The van der Waals surface area contributed by atoms with Crippen LogP contribution in [0.1, 0.15) is 44.1 Å². The Hall–Kier alpha value is -2.12. The molecule has 0 unspecified atom stereocenters. The van der Waals surface area contributed by atoms with Crippen molar-refractivity contribution < 1.29 is 0 Å². The molecular weight excluding hydrogens is 416 g/mol. The maximum Gasteiger partial charge on any atom is 0.232 e. The van der Waals surface area contributed by atoms with Gasteiger partial charge in [0, 0.05) is 44.5 Å². The average molecular weight is 445 g/mol. The molecule has 2 aliphatic rings. The molecule has 30 heavy (non-hydrogen) atoms. The van der Waals surface area contributed by atoms with Crippen LogP contribution in [0, 0.1) is 0 Å². The molecule has 2 fully saturated rings. The Morgan fingerprint density at radius 1 is 0.900 bits per heavy atom. The van der Waals surface area contributed by atoms with Crippen molar-refractivity contribution in [1.82, 2.24) is 15.3 Å². The second-order valence-electron chi connectivity index (χ2n) is 7.94. The number of benzene rings is 1. The van der Waals surface area contributed by atoms with Crippen LogP contribution < -0.4 is 20.4 Å². The molecule has 1 aromatic heterocycles. The summed E-state index contributed by atoms with van der Waals surface area (Å²) in [7, 11) is 0. The largest absolute Gasteiger partial charge is 0.372 e. The molecule has 160 valence electrons. The number of hydrogen-bond acceptors (Lipinski definition) is 5. The highest BCUT2D eigenvalue weighted by Crippen LogP contribution is 2.22. The molecule has 6 nitrogen and oxygen atoms in total. The third-order valence-corrected chi connectivity index (χ3v) is 6.14. The number of hydrogen-bond donors (Lipinski definition) is 2. The average Bonchev–Trinajstić information content (AvgIpc) is 3.14. The zero-order valence-electron chi connectivity index (χ0n) is 17.2. The van der Waals surface area contributed by atoms with Gasteiger partial charge in [-0.05, 0) is 55.6 Å². The van der Waals surface area contributed by atoms with Crippen LogP contribution in [0.4, 0.5) is 17.5 Å². The van der Waals surface area contributed by atoms with Gasteiger partial charge >= 0.3 is 0 Å². The zero-order chi connectivity index (χ0) is 20.8. The molecule has 2 aromatic rings. The summed E-state index contributed by atoms with van der Waals surface area (Å²) >= 11 is 11.7. The van der Waals surface area contributed by atoms with Crippen LogP contribution in [0.15, 0.2) is 30.3 Å². The van der Waals surface area contributed by atoms with E-state index in [2.05, 4.69) is 54.7 Å². The van der Waals surface area contributed by atoms with E-state index in [1.54, 1.807) is 0 Å². The van der Waals surface area contributed by atoms with Crippen molar-refractivity contribution >= 4 is 46.4 Å². The molecule has 0 aliphatic carbocycles. The summed E-state index contributed by atoms with van der Waals surface area (Å²) in [4.78, 5) is 13.6. The van der Waals surface area contributed by atoms with Crippen molar-refractivity contribution in [3.63, 3.8) is 0 Å². The number of nitrogens with zero attached hydrogens (tertiary/aromatic N) is 4. The normalized spacial score (nSPS) is 17.0. The lowest BCUT2D eigenvalue weighted by molar-refractivity contribution is 0.726. The monoisotopic (exact) mass is 444 g/mol. The second-order valence-corrected chi connectivity index (χ2v) is 8.74. The van der Waals surface area contributed by atoms with Gasteiger partial charge in [0.2, 0.25) is 5.95 Å². The Balaban J connectivity index is 1.32. The first-order valence-electron chi connectivity index (χ1n) is 10.9. The Kier molecular flexibility index (Phi) is 7.23. The van der Waals surface area contributed by atoms with E-state index in [0.717, 1.165) is 32.0 Å². The van der Waals surface area contributed by atoms with Crippen molar-refractivity contribution in [1.29, 1.82) is 0 Å². The van der Waals surface area contributed by atoms with Crippen LogP contribution in [0.5, 0.6) is 0 Å². The quantitative estimate of drug-likeness (QED) is 0.516. The predicted molar refractivity (Wildman–Crippen MR) is 129 cm³/mol. The summed E-state index contributed by atoms with van der Waals surface area (Å²) in [5.74, 6) is 1.29. The molecule has 0 spiro atoms. The van der Waals surface area contributed by atoms with Gasteiger partial charge in [0.25, 0.3) is 0 Å². The summed E-state index contributed by atoms with van der Waals surface area (Å²) < 4.78 is 0. The van der Waals surface area contributed by atoms with Gasteiger partial charge in [-0.1, -0.05) is 36.6 Å². The van der Waals surface area contributed by atoms with Crippen LogP contribution in [-0.2, 0) is 6.54 Å². The van der Waals surface area contributed by atoms with Gasteiger partial charge in [-0.25, -0.2) is 4.98 Å². The highest BCUT2D eigenvalue weighted by molar-refractivity contribution is 7.80. The van der Waals surface area contributed by atoms with Gasteiger partial charge in [0.05, 0.1) is 0 Å². The van der Waals surface area contributed by atoms with E-state index in [0.29, 0.717) is 22.8 Å². The van der Waals surface area contributed by atoms with E-state index >= 15 is 0 Å². The third-order valence-electron chi connectivity index (χ3n) is 5.70. The minimum atomic E-state index is 0.423. The van der Waals surface area contributed by atoms with Crippen molar-refractivity contribution in [2.75, 3.05) is 41.3 Å². The molecule has 1 aromatic carbocycles. The number of nitrogens with one attached hydrogen (secondary N) is 2. The van der Waals surface area contributed by atoms with Gasteiger partial charge in [-0.2, -0.15) is 4.98 Å². The van der Waals surface area contributed by atoms with Gasteiger partial charge in [0.15, 0.2) is 5.11 Å². The minimum absolute atomic E-state index is 0.423. The summed E-state index contributed by atoms with van der Waals surface area (Å²) in [5, 5.41) is 7.23. The SMILES string of the molecule is S=C(NCc1ccc(N2CCCC2)cc1)Nc1nc(Cl)cc(N2CCCCCC2)n1. The van der Waals surface area contributed by atoms with Crippen LogP contribution in [0.25, 0.3) is 0 Å². The third kappa shape index (κ3) is 5.73. The molecule has 3 heterocycles. The minimum Gasteiger partial charge on any atom is -0.372 e. The number of rotatable bonds is 5. The summed E-state index contributed by atoms with van der Waals surface area (Å²) in [6, 6.07) is 10.5. The van der Waals surface area contributed by atoms with Crippen LogP contribution in [0.2, 0.25) is 5.15 Å². The number of thiocarbonyl (C=S) groups is 1. The van der Waals surface area contributed by atoms with E-state index in [1.165, 1.54) is 49.8 Å². The number of halogens is 1. The Morgan fingerprint density at radius 2 is 1.53 bits per heavy atom. The van der Waals surface area contributed by atoms with Crippen LogP contribution in [0.3, 0.4) is 0 Å². The first-order valence-corrected chi connectivity index (χ1v) is 11.6. The molecule has 0 saturated carbocycles. The maximum absolute atomic E-state index is 6.25. The first kappa shape index (κ1) is 21.1. The fraction of sp³-hybridized carbons (Fsp3) is 0.500. The molecule has 0 amide bonds. The molecule has 2 saturated heterocycles.